The normalized spacial score (nSPS) is 15.8. The van der Waals surface area contributed by atoms with Crippen LogP contribution in [-0.4, -0.2) is 47.5 Å². The van der Waals surface area contributed by atoms with Gasteiger partial charge in [0.05, 0.1) is 23.4 Å². The lowest BCUT2D eigenvalue weighted by Crippen LogP contribution is -2.46. The Labute approximate surface area is 152 Å². The lowest BCUT2D eigenvalue weighted by atomic mass is 10.1. The van der Waals surface area contributed by atoms with Crippen LogP contribution in [0, 0.1) is 6.92 Å². The molecule has 3 aromatic rings. The molecule has 0 atom stereocenters. The zero-order valence-corrected chi connectivity index (χ0v) is 15.4. The van der Waals surface area contributed by atoms with E-state index in [1.54, 1.807) is 11.8 Å². The second-order valence-corrected chi connectivity index (χ2v) is 7.24. The van der Waals surface area contributed by atoms with Crippen LogP contribution in [0.1, 0.15) is 11.5 Å². The molecule has 25 heavy (non-hydrogen) atoms. The van der Waals surface area contributed by atoms with E-state index in [0.717, 1.165) is 49.7 Å². The number of fused-ring (bicyclic) bond motifs is 1. The van der Waals surface area contributed by atoms with E-state index in [9.17, 15) is 0 Å². The quantitative estimate of drug-likeness (QED) is 0.668. The largest absolute Gasteiger partial charge is 0.367 e. The van der Waals surface area contributed by atoms with E-state index >= 15 is 0 Å². The van der Waals surface area contributed by atoms with Crippen LogP contribution in [0.5, 0.6) is 0 Å². The van der Waals surface area contributed by atoms with Gasteiger partial charge in [-0.05, 0) is 19.2 Å². The molecule has 1 fully saturated rings. The van der Waals surface area contributed by atoms with Gasteiger partial charge in [-0.3, -0.25) is 9.88 Å². The molecule has 1 aliphatic rings. The summed E-state index contributed by atoms with van der Waals surface area (Å²) in [6, 6.07) is 10.4. The molecule has 0 radical (unpaired) electrons. The number of hydrogen-bond acceptors (Lipinski definition) is 6. The number of rotatable bonds is 4. The van der Waals surface area contributed by atoms with Crippen molar-refractivity contribution >= 4 is 28.4 Å². The number of aromatic nitrogens is 2. The molecule has 5 nitrogen and oxygen atoms in total. The van der Waals surface area contributed by atoms with Crippen LogP contribution in [0.2, 0.25) is 0 Å². The van der Waals surface area contributed by atoms with E-state index in [4.69, 9.17) is 4.52 Å². The minimum atomic E-state index is 0.834. The van der Waals surface area contributed by atoms with E-state index < -0.39 is 0 Å². The molecule has 0 amide bonds. The second kappa shape index (κ2) is 7.06. The van der Waals surface area contributed by atoms with Gasteiger partial charge < -0.3 is 9.42 Å². The highest BCUT2D eigenvalue weighted by Gasteiger charge is 2.22. The Hall–Kier alpha value is -2.05. The van der Waals surface area contributed by atoms with Gasteiger partial charge in [-0.25, -0.2) is 0 Å². The summed E-state index contributed by atoms with van der Waals surface area (Å²) in [7, 11) is 0. The fourth-order valence-corrected chi connectivity index (χ4v) is 4.02. The molecule has 1 aromatic carbocycles. The molecule has 0 spiro atoms. The highest BCUT2D eigenvalue weighted by Crippen LogP contribution is 2.35. The van der Waals surface area contributed by atoms with Crippen LogP contribution >= 0.6 is 11.8 Å². The van der Waals surface area contributed by atoms with Crippen molar-refractivity contribution in [1.82, 2.24) is 15.0 Å². The SMILES string of the molecule is CSc1cnc2ccccc2c1N1CCN(Cc2cc(C)no2)CC1. The Bertz CT molecular complexity index is 871. The molecular weight excluding hydrogens is 332 g/mol. The van der Waals surface area contributed by atoms with Crippen LogP contribution < -0.4 is 4.90 Å². The van der Waals surface area contributed by atoms with Gasteiger partial charge in [0.15, 0.2) is 5.76 Å². The first kappa shape index (κ1) is 16.4. The summed E-state index contributed by atoms with van der Waals surface area (Å²) in [5.41, 5.74) is 3.34. The highest BCUT2D eigenvalue weighted by molar-refractivity contribution is 7.98. The van der Waals surface area contributed by atoms with E-state index in [1.807, 2.05) is 19.2 Å². The monoisotopic (exact) mass is 354 g/mol. The number of aryl methyl sites for hydroxylation is 1. The molecule has 130 valence electrons. The Morgan fingerprint density at radius 2 is 1.96 bits per heavy atom. The van der Waals surface area contributed by atoms with Gasteiger partial charge in [0.25, 0.3) is 0 Å². The van der Waals surface area contributed by atoms with Crippen LogP contribution in [0.25, 0.3) is 10.9 Å². The summed E-state index contributed by atoms with van der Waals surface area (Å²) in [6.07, 6.45) is 4.13. The lowest BCUT2D eigenvalue weighted by molar-refractivity contribution is 0.219. The van der Waals surface area contributed by atoms with Crippen molar-refractivity contribution < 1.29 is 4.52 Å². The van der Waals surface area contributed by atoms with Gasteiger partial charge in [0, 0.05) is 48.7 Å². The summed E-state index contributed by atoms with van der Waals surface area (Å²) < 4.78 is 5.36. The molecule has 2 aromatic heterocycles. The summed E-state index contributed by atoms with van der Waals surface area (Å²) >= 11 is 1.77. The lowest BCUT2D eigenvalue weighted by Gasteiger charge is -2.36. The van der Waals surface area contributed by atoms with Crippen molar-refractivity contribution in [3.63, 3.8) is 0 Å². The molecule has 1 saturated heterocycles. The fraction of sp³-hybridized carbons (Fsp3) is 0.368. The van der Waals surface area contributed by atoms with Crippen LogP contribution in [0.3, 0.4) is 0 Å². The molecule has 0 unspecified atom stereocenters. The van der Waals surface area contributed by atoms with E-state index in [2.05, 4.69) is 50.5 Å². The third-order valence-corrected chi connectivity index (χ3v) is 5.42. The predicted molar refractivity (Wildman–Crippen MR) is 102 cm³/mol. The Morgan fingerprint density at radius 3 is 2.68 bits per heavy atom. The van der Waals surface area contributed by atoms with Crippen molar-refractivity contribution in [2.24, 2.45) is 0 Å². The van der Waals surface area contributed by atoms with Crippen molar-refractivity contribution in [2.45, 2.75) is 18.4 Å². The number of anilines is 1. The number of para-hydroxylation sites is 1. The van der Waals surface area contributed by atoms with Gasteiger partial charge in [0.1, 0.15) is 0 Å². The zero-order valence-electron chi connectivity index (χ0n) is 14.6. The molecule has 0 aliphatic carbocycles. The first-order valence-corrected chi connectivity index (χ1v) is 9.78. The number of pyridine rings is 1. The fourth-order valence-electron chi connectivity index (χ4n) is 3.42. The van der Waals surface area contributed by atoms with Gasteiger partial charge in [-0.15, -0.1) is 11.8 Å². The highest BCUT2D eigenvalue weighted by atomic mass is 32.2. The molecule has 4 rings (SSSR count). The number of nitrogens with zero attached hydrogens (tertiary/aromatic N) is 4. The Kier molecular flexibility index (Phi) is 4.63. The molecule has 0 saturated carbocycles. The topological polar surface area (TPSA) is 45.4 Å². The molecule has 0 bridgehead atoms. The third-order valence-electron chi connectivity index (χ3n) is 4.68. The average Bonchev–Trinajstić information content (AvgIpc) is 3.06. The first-order valence-electron chi connectivity index (χ1n) is 8.56. The van der Waals surface area contributed by atoms with Crippen molar-refractivity contribution in [2.75, 3.05) is 37.3 Å². The van der Waals surface area contributed by atoms with Crippen LogP contribution in [0.15, 0.2) is 45.9 Å². The van der Waals surface area contributed by atoms with E-state index in [0.29, 0.717) is 0 Å². The van der Waals surface area contributed by atoms with Crippen molar-refractivity contribution in [3.05, 3.63) is 48.0 Å². The van der Waals surface area contributed by atoms with Gasteiger partial charge in [-0.2, -0.15) is 0 Å². The number of piperazine rings is 1. The molecule has 0 N–H and O–H groups in total. The smallest absolute Gasteiger partial charge is 0.150 e. The zero-order chi connectivity index (χ0) is 17.2. The Morgan fingerprint density at radius 1 is 1.16 bits per heavy atom. The minimum Gasteiger partial charge on any atom is -0.367 e. The molecule has 3 heterocycles. The predicted octanol–water partition coefficient (Wildman–Crippen LogP) is 3.58. The standard InChI is InChI=1S/C19H22N4OS/c1-14-11-15(24-21-14)13-22-7-9-23(10-8-22)19-16-5-3-4-6-17(16)20-12-18(19)25-2/h3-6,11-12H,7-10,13H2,1-2H3. The molecule has 6 heteroatoms. The van der Waals surface area contributed by atoms with Gasteiger partial charge in [0.2, 0.25) is 0 Å². The maximum Gasteiger partial charge on any atom is 0.150 e. The molecule has 1 aliphatic heterocycles. The summed E-state index contributed by atoms with van der Waals surface area (Å²) in [4.78, 5) is 10.8. The van der Waals surface area contributed by atoms with Crippen LogP contribution in [0.4, 0.5) is 5.69 Å². The van der Waals surface area contributed by atoms with Crippen molar-refractivity contribution in [3.8, 4) is 0 Å². The summed E-state index contributed by atoms with van der Waals surface area (Å²) in [6.45, 7) is 6.85. The van der Waals surface area contributed by atoms with E-state index in [-0.39, 0.29) is 0 Å². The number of thioether (sulfide) groups is 1. The summed E-state index contributed by atoms with van der Waals surface area (Å²) in [5, 5.41) is 5.22. The maximum atomic E-state index is 5.36. The second-order valence-electron chi connectivity index (χ2n) is 6.39. The van der Waals surface area contributed by atoms with Gasteiger partial charge in [-0.1, -0.05) is 23.4 Å². The third kappa shape index (κ3) is 3.37. The average molecular weight is 354 g/mol. The first-order chi connectivity index (χ1) is 12.2. The van der Waals surface area contributed by atoms with Crippen LogP contribution in [-0.2, 0) is 6.54 Å². The van der Waals surface area contributed by atoms with Crippen molar-refractivity contribution in [1.29, 1.82) is 0 Å². The summed E-state index contributed by atoms with van der Waals surface area (Å²) in [5.74, 6) is 0.949. The number of hydrogen-bond donors (Lipinski definition) is 0. The maximum absolute atomic E-state index is 5.36. The Balaban J connectivity index is 1.53. The number of benzene rings is 1. The van der Waals surface area contributed by atoms with E-state index in [1.165, 1.54) is 16.0 Å². The molecular formula is C19H22N4OS. The minimum absolute atomic E-state index is 0.834. The van der Waals surface area contributed by atoms with Gasteiger partial charge >= 0.3 is 0 Å².